The lowest BCUT2D eigenvalue weighted by molar-refractivity contribution is -0.175. The summed E-state index contributed by atoms with van der Waals surface area (Å²) in [7, 11) is 0. The van der Waals surface area contributed by atoms with Crippen molar-refractivity contribution in [1.82, 2.24) is 10.2 Å². The Hall–Kier alpha value is -3.26. The fourth-order valence-electron chi connectivity index (χ4n) is 12.0. The number of rotatable bonds is 8. The Morgan fingerprint density at radius 2 is 1.60 bits per heavy atom. The molecule has 1 heterocycles. The molecule has 2 aromatic rings. The molecule has 2 amide bonds. The Morgan fingerprint density at radius 1 is 0.920 bits per heavy atom. The molecule has 3 N–H and O–H groups in total. The summed E-state index contributed by atoms with van der Waals surface area (Å²) in [6, 6.07) is 19.2. The van der Waals surface area contributed by atoms with Crippen LogP contribution in [0.5, 0.6) is 0 Å². The van der Waals surface area contributed by atoms with Crippen molar-refractivity contribution >= 4 is 11.8 Å². The van der Waals surface area contributed by atoms with E-state index >= 15 is 0 Å². The number of nitrogens with one attached hydrogen (secondary N) is 1. The average molecular weight is 679 g/mol. The standard InChI is InChI=1S/C43H54N2O5/c1-29(30-11-6-4-7-12-30)44-38(48)45(27-33-15-10-24-50-33)28-42(49)21-18-36-40(42,3)20-17-35-39(2)19-16-32(46)25-41(39)22-23-43(35,36)34(26-41)37(47)31-13-8-5-9-14-31/h4-9,11-14,22-23,26,29,32-33,35-36,46,49H,10,15-21,24-25,27-28H2,1-3H3,(H,44,48). The minimum Gasteiger partial charge on any atom is -0.393 e. The molecule has 0 radical (unpaired) electrons. The van der Waals surface area contributed by atoms with Gasteiger partial charge in [0.1, 0.15) is 0 Å². The summed E-state index contributed by atoms with van der Waals surface area (Å²) in [4.78, 5) is 30.7. The Balaban J connectivity index is 1.16. The number of ketones is 1. The van der Waals surface area contributed by atoms with E-state index in [1.807, 2.05) is 72.5 Å². The summed E-state index contributed by atoms with van der Waals surface area (Å²) >= 11 is 0. The first-order chi connectivity index (χ1) is 23.9. The smallest absolute Gasteiger partial charge is 0.318 e. The topological polar surface area (TPSA) is 99.1 Å². The van der Waals surface area contributed by atoms with Gasteiger partial charge in [-0.1, -0.05) is 92.7 Å². The van der Waals surface area contributed by atoms with Gasteiger partial charge in [0.15, 0.2) is 5.78 Å². The molecular weight excluding hydrogens is 624 g/mol. The molecule has 266 valence electrons. The van der Waals surface area contributed by atoms with Crippen LogP contribution in [0.1, 0.15) is 101 Å². The van der Waals surface area contributed by atoms with Gasteiger partial charge < -0.3 is 25.2 Å². The number of nitrogens with zero attached hydrogens (tertiary/aromatic N) is 1. The van der Waals surface area contributed by atoms with Crippen LogP contribution in [0.3, 0.4) is 0 Å². The van der Waals surface area contributed by atoms with Gasteiger partial charge in [-0.25, -0.2) is 4.79 Å². The van der Waals surface area contributed by atoms with Crippen molar-refractivity contribution in [2.45, 2.75) is 102 Å². The van der Waals surface area contributed by atoms with Crippen molar-refractivity contribution in [1.29, 1.82) is 0 Å². The number of fused-ring (bicyclic) bond motifs is 1. The number of hydrogen-bond donors (Lipinski definition) is 3. The molecule has 4 fully saturated rings. The van der Waals surface area contributed by atoms with Crippen molar-refractivity contribution < 1.29 is 24.5 Å². The highest BCUT2D eigenvalue weighted by atomic mass is 16.5. The molecule has 2 bridgehead atoms. The molecule has 7 heteroatoms. The third-order valence-electron chi connectivity index (χ3n) is 14.8. The average Bonchev–Trinajstić information content (AvgIpc) is 3.73. The maximum Gasteiger partial charge on any atom is 0.318 e. The molecule has 10 unspecified atom stereocenters. The van der Waals surface area contributed by atoms with Crippen LogP contribution in [-0.4, -0.2) is 64.4 Å². The van der Waals surface area contributed by atoms with E-state index in [0.29, 0.717) is 31.6 Å². The zero-order valence-electron chi connectivity index (χ0n) is 29.9. The normalized spacial score (nSPS) is 40.3. The van der Waals surface area contributed by atoms with Crippen LogP contribution in [0.4, 0.5) is 4.79 Å². The first kappa shape index (κ1) is 33.9. The van der Waals surface area contributed by atoms with Crippen molar-refractivity contribution in [2.75, 3.05) is 19.7 Å². The molecule has 6 aliphatic carbocycles. The monoisotopic (exact) mass is 678 g/mol. The van der Waals surface area contributed by atoms with E-state index in [4.69, 9.17) is 4.74 Å². The maximum absolute atomic E-state index is 14.7. The van der Waals surface area contributed by atoms with Crippen molar-refractivity contribution in [2.24, 2.45) is 33.5 Å². The van der Waals surface area contributed by atoms with Crippen LogP contribution < -0.4 is 5.32 Å². The summed E-state index contributed by atoms with van der Waals surface area (Å²) in [5, 5.41) is 27.3. The van der Waals surface area contributed by atoms with Gasteiger partial charge in [0, 0.05) is 40.5 Å². The van der Waals surface area contributed by atoms with E-state index in [-0.39, 0.29) is 53.2 Å². The second kappa shape index (κ2) is 12.2. The number of urea groups is 1. The highest BCUT2D eigenvalue weighted by Gasteiger charge is 2.74. The second-order valence-electron chi connectivity index (χ2n) is 17.1. The third kappa shape index (κ3) is 4.93. The molecular formula is C43H54N2O5. The number of carbonyl (C=O) groups is 2. The van der Waals surface area contributed by atoms with E-state index in [1.165, 1.54) is 0 Å². The molecule has 3 saturated carbocycles. The van der Waals surface area contributed by atoms with Gasteiger partial charge in [-0.05, 0) is 87.5 Å². The van der Waals surface area contributed by atoms with Gasteiger partial charge in [-0.3, -0.25) is 4.79 Å². The molecule has 1 saturated heterocycles. The Kier molecular flexibility index (Phi) is 8.24. The lowest BCUT2D eigenvalue weighted by Crippen LogP contribution is -2.67. The van der Waals surface area contributed by atoms with Crippen LogP contribution >= 0.6 is 0 Å². The molecule has 10 atom stereocenters. The number of amides is 2. The van der Waals surface area contributed by atoms with E-state index in [2.05, 4.69) is 37.4 Å². The van der Waals surface area contributed by atoms with Crippen molar-refractivity contribution in [3.8, 4) is 0 Å². The Bertz CT molecular complexity index is 1690. The van der Waals surface area contributed by atoms with Crippen LogP contribution in [0.15, 0.2) is 84.5 Å². The lowest BCUT2D eigenvalue weighted by atomic mass is 9.32. The van der Waals surface area contributed by atoms with Gasteiger partial charge in [0.25, 0.3) is 0 Å². The van der Waals surface area contributed by atoms with E-state index < -0.39 is 22.5 Å². The number of Topliss-reactive ketones (excluding diaryl/α,β-unsaturated/α-hetero) is 1. The summed E-state index contributed by atoms with van der Waals surface area (Å²) < 4.78 is 6.04. The summed E-state index contributed by atoms with van der Waals surface area (Å²) in [6.45, 7) is 8.00. The first-order valence-electron chi connectivity index (χ1n) is 19.1. The minimum atomic E-state index is -1.15. The third-order valence-corrected chi connectivity index (χ3v) is 14.8. The molecule has 7 aliphatic rings. The van der Waals surface area contributed by atoms with Crippen LogP contribution in [0.2, 0.25) is 0 Å². The van der Waals surface area contributed by atoms with Gasteiger partial charge >= 0.3 is 6.03 Å². The van der Waals surface area contributed by atoms with Crippen LogP contribution in [-0.2, 0) is 4.74 Å². The minimum absolute atomic E-state index is 0.0202. The number of carbonyl (C=O) groups excluding carboxylic acids is 2. The second-order valence-corrected chi connectivity index (χ2v) is 17.1. The zero-order chi connectivity index (χ0) is 34.9. The first-order valence-corrected chi connectivity index (χ1v) is 19.1. The quantitative estimate of drug-likeness (QED) is 0.200. The fourth-order valence-corrected chi connectivity index (χ4v) is 12.0. The molecule has 50 heavy (non-hydrogen) atoms. The van der Waals surface area contributed by atoms with E-state index in [9.17, 15) is 19.8 Å². The Labute approximate surface area is 297 Å². The zero-order valence-corrected chi connectivity index (χ0v) is 29.9. The van der Waals surface area contributed by atoms with Gasteiger partial charge in [-0.15, -0.1) is 0 Å². The number of aliphatic hydroxyl groups excluding tert-OH is 1. The molecule has 2 spiro atoms. The Morgan fingerprint density at radius 3 is 2.32 bits per heavy atom. The number of ether oxygens (including phenoxy) is 1. The van der Waals surface area contributed by atoms with E-state index in [1.54, 1.807) is 0 Å². The number of aliphatic hydroxyl groups is 2. The number of benzene rings is 2. The molecule has 7 nitrogen and oxygen atoms in total. The predicted octanol–water partition coefficient (Wildman–Crippen LogP) is 7.41. The summed E-state index contributed by atoms with van der Waals surface area (Å²) in [5.74, 6) is 0.306. The lowest BCUT2D eigenvalue weighted by Gasteiger charge is -2.71. The number of hydrogen-bond acceptors (Lipinski definition) is 5. The van der Waals surface area contributed by atoms with Crippen LogP contribution in [0, 0.1) is 33.5 Å². The predicted molar refractivity (Wildman–Crippen MR) is 193 cm³/mol. The summed E-state index contributed by atoms with van der Waals surface area (Å²) in [5.41, 5.74) is -0.103. The van der Waals surface area contributed by atoms with Crippen LogP contribution in [0.25, 0.3) is 0 Å². The fraction of sp³-hybridized carbons (Fsp3) is 0.581. The van der Waals surface area contributed by atoms with Crippen molar-refractivity contribution in [3.05, 3.63) is 95.6 Å². The van der Waals surface area contributed by atoms with Gasteiger partial charge in [0.05, 0.1) is 30.4 Å². The van der Waals surface area contributed by atoms with Gasteiger partial charge in [-0.2, -0.15) is 0 Å². The van der Waals surface area contributed by atoms with Crippen molar-refractivity contribution in [3.63, 3.8) is 0 Å². The molecule has 1 aliphatic heterocycles. The molecule has 0 aromatic heterocycles. The van der Waals surface area contributed by atoms with Gasteiger partial charge in [0.2, 0.25) is 0 Å². The number of allylic oxidation sites excluding steroid dienone is 4. The highest BCUT2D eigenvalue weighted by Crippen LogP contribution is 2.78. The largest absolute Gasteiger partial charge is 0.393 e. The summed E-state index contributed by atoms with van der Waals surface area (Å²) in [6.07, 6.45) is 13.8. The molecule has 2 aromatic carbocycles. The SMILES string of the molecule is CC(NC(=O)N(CC1CCCO1)CC1(O)CCC2C34C=CC5(C=C3C(=O)c3ccccc3)CC(O)CCC5(C)C4CCC21C)c1ccccc1. The highest BCUT2D eigenvalue weighted by molar-refractivity contribution is 6.10. The maximum atomic E-state index is 14.7. The molecule has 9 rings (SSSR count). The van der Waals surface area contributed by atoms with E-state index in [0.717, 1.165) is 56.1 Å².